The van der Waals surface area contributed by atoms with E-state index >= 15 is 0 Å². The van der Waals surface area contributed by atoms with E-state index in [1.807, 2.05) is 6.07 Å². The fourth-order valence-corrected chi connectivity index (χ4v) is 3.37. The zero-order valence-corrected chi connectivity index (χ0v) is 13.1. The number of aryl methyl sites for hydroxylation is 1. The van der Waals surface area contributed by atoms with Crippen molar-refractivity contribution in [1.82, 2.24) is 0 Å². The van der Waals surface area contributed by atoms with E-state index in [9.17, 15) is 10.1 Å². The van der Waals surface area contributed by atoms with E-state index in [1.54, 1.807) is 19.1 Å². The van der Waals surface area contributed by atoms with Gasteiger partial charge in [-0.3, -0.25) is 10.1 Å². The van der Waals surface area contributed by atoms with Gasteiger partial charge in [0.2, 0.25) is 0 Å². The molecular weight excluding hydrogens is 352 g/mol. The number of nitro benzene ring substituents is 1. The van der Waals surface area contributed by atoms with Gasteiger partial charge in [-0.05, 0) is 41.1 Å². The number of halogens is 2. The maximum Gasteiger partial charge on any atom is 0.272 e. The van der Waals surface area contributed by atoms with Gasteiger partial charge >= 0.3 is 0 Å². The molecule has 1 heterocycles. The van der Waals surface area contributed by atoms with E-state index in [0.29, 0.717) is 12.1 Å². The largest absolute Gasteiger partial charge is 0.380 e. The lowest BCUT2D eigenvalue weighted by Crippen LogP contribution is -1.99. The van der Waals surface area contributed by atoms with Crippen LogP contribution in [0.15, 0.2) is 28.7 Å². The molecule has 0 unspecified atom stereocenters. The zero-order valence-electron chi connectivity index (χ0n) is 9.94. The third-order valence-electron chi connectivity index (χ3n) is 2.56. The Morgan fingerprint density at radius 2 is 2.21 bits per heavy atom. The van der Waals surface area contributed by atoms with E-state index in [-0.39, 0.29) is 10.6 Å². The topological polar surface area (TPSA) is 55.2 Å². The van der Waals surface area contributed by atoms with Crippen molar-refractivity contribution in [3.8, 4) is 0 Å². The zero-order chi connectivity index (χ0) is 14.0. The number of anilines is 1. The smallest absolute Gasteiger partial charge is 0.272 e. The first-order valence-corrected chi connectivity index (χ1v) is 7.38. The summed E-state index contributed by atoms with van der Waals surface area (Å²) < 4.78 is 1.60. The van der Waals surface area contributed by atoms with E-state index in [0.717, 1.165) is 19.4 Å². The molecule has 0 aliphatic rings. The van der Waals surface area contributed by atoms with Gasteiger partial charge in [0.15, 0.2) is 0 Å². The van der Waals surface area contributed by atoms with Gasteiger partial charge in [-0.2, -0.15) is 0 Å². The molecule has 0 aliphatic carbocycles. The first-order valence-electron chi connectivity index (χ1n) is 5.40. The second kappa shape index (κ2) is 5.90. The van der Waals surface area contributed by atoms with Crippen LogP contribution in [-0.4, -0.2) is 4.92 Å². The van der Waals surface area contributed by atoms with Crippen molar-refractivity contribution in [2.75, 3.05) is 5.32 Å². The number of benzene rings is 1. The van der Waals surface area contributed by atoms with Gasteiger partial charge in [0.25, 0.3) is 5.69 Å². The predicted molar refractivity (Wildman–Crippen MR) is 82.2 cm³/mol. The van der Waals surface area contributed by atoms with E-state index in [2.05, 4.69) is 21.2 Å². The molecule has 0 saturated carbocycles. The molecule has 2 rings (SSSR count). The van der Waals surface area contributed by atoms with Gasteiger partial charge in [-0.1, -0.05) is 11.6 Å². The summed E-state index contributed by atoms with van der Waals surface area (Å²) in [6.45, 7) is 2.36. The van der Waals surface area contributed by atoms with Crippen LogP contribution in [0.3, 0.4) is 0 Å². The van der Waals surface area contributed by atoms with Crippen molar-refractivity contribution in [3.63, 3.8) is 0 Å². The highest BCUT2D eigenvalue weighted by atomic mass is 79.9. The first-order chi connectivity index (χ1) is 8.97. The van der Waals surface area contributed by atoms with Crippen LogP contribution in [0.5, 0.6) is 0 Å². The summed E-state index contributed by atoms with van der Waals surface area (Å²) in [7, 11) is 0. The molecule has 0 spiro atoms. The van der Waals surface area contributed by atoms with Gasteiger partial charge in [-0.15, -0.1) is 11.3 Å². The van der Waals surface area contributed by atoms with E-state index < -0.39 is 0 Å². The Labute approximate surface area is 127 Å². The summed E-state index contributed by atoms with van der Waals surface area (Å²) in [4.78, 5) is 11.4. The minimum atomic E-state index is -0.380. The van der Waals surface area contributed by atoms with Crippen molar-refractivity contribution >= 4 is 50.2 Å². The molecule has 0 atom stereocenters. The minimum absolute atomic E-state index is 0.132. The molecule has 0 radical (unpaired) electrons. The van der Waals surface area contributed by atoms with Crippen molar-refractivity contribution in [3.05, 3.63) is 53.6 Å². The Balaban J connectivity index is 2.08. The Kier molecular flexibility index (Phi) is 4.44. The van der Waals surface area contributed by atoms with Crippen LogP contribution < -0.4 is 5.32 Å². The van der Waals surface area contributed by atoms with Gasteiger partial charge in [-0.25, -0.2) is 0 Å². The van der Waals surface area contributed by atoms with Gasteiger partial charge in [0.1, 0.15) is 4.34 Å². The lowest BCUT2D eigenvalue weighted by Gasteiger charge is -2.06. The number of hydrogen-bond donors (Lipinski definition) is 1. The molecule has 4 nitrogen and oxygen atoms in total. The first kappa shape index (κ1) is 14.3. The Morgan fingerprint density at radius 3 is 2.74 bits per heavy atom. The Bertz CT molecular complexity index is 611. The monoisotopic (exact) mass is 360 g/mol. The predicted octanol–water partition coefficient (Wildman–Crippen LogP) is 4.99. The van der Waals surface area contributed by atoms with E-state index in [1.165, 1.54) is 17.4 Å². The van der Waals surface area contributed by atoms with Crippen molar-refractivity contribution in [2.45, 2.75) is 13.5 Å². The summed E-state index contributed by atoms with van der Waals surface area (Å²) >= 11 is 10.8. The van der Waals surface area contributed by atoms with Gasteiger partial charge < -0.3 is 5.32 Å². The fourth-order valence-electron chi connectivity index (χ4n) is 1.64. The number of nitrogens with zero attached hydrogens (tertiary/aromatic N) is 1. The molecule has 0 fully saturated rings. The third kappa shape index (κ3) is 3.46. The van der Waals surface area contributed by atoms with Crippen LogP contribution in [0.4, 0.5) is 11.4 Å². The molecule has 2 aromatic rings. The van der Waals surface area contributed by atoms with Crippen LogP contribution in [0.2, 0.25) is 4.34 Å². The average Bonchev–Trinajstić information content (AvgIpc) is 2.66. The highest BCUT2D eigenvalue weighted by Gasteiger charge is 2.10. The number of thiophene rings is 1. The Hall–Kier alpha value is -1.11. The van der Waals surface area contributed by atoms with Crippen molar-refractivity contribution < 1.29 is 4.92 Å². The molecule has 1 aromatic heterocycles. The molecule has 7 heteroatoms. The number of rotatable bonds is 4. The van der Waals surface area contributed by atoms with Gasteiger partial charge in [0, 0.05) is 33.2 Å². The molecule has 0 saturated heterocycles. The molecular formula is C12H10BrClN2O2S. The maximum atomic E-state index is 10.7. The average molecular weight is 362 g/mol. The molecule has 1 aromatic carbocycles. The van der Waals surface area contributed by atoms with Crippen LogP contribution in [0.25, 0.3) is 0 Å². The minimum Gasteiger partial charge on any atom is -0.380 e. The summed E-state index contributed by atoms with van der Waals surface area (Å²) in [5.41, 5.74) is 1.62. The Morgan fingerprint density at radius 1 is 1.47 bits per heavy atom. The lowest BCUT2D eigenvalue weighted by molar-refractivity contribution is -0.385. The summed E-state index contributed by atoms with van der Waals surface area (Å²) in [6.07, 6.45) is 0. The van der Waals surface area contributed by atoms with Crippen molar-refractivity contribution in [1.29, 1.82) is 0 Å². The van der Waals surface area contributed by atoms with Crippen LogP contribution in [-0.2, 0) is 6.54 Å². The second-order valence-electron chi connectivity index (χ2n) is 3.95. The summed E-state index contributed by atoms with van der Waals surface area (Å²) in [6, 6.07) is 6.94. The number of nitro groups is 1. The second-order valence-corrected chi connectivity index (χ2v) is 6.54. The lowest BCUT2D eigenvalue weighted by atomic mass is 10.2. The van der Waals surface area contributed by atoms with Gasteiger partial charge in [0.05, 0.1) is 4.92 Å². The maximum absolute atomic E-state index is 10.7. The molecule has 19 heavy (non-hydrogen) atoms. The summed E-state index contributed by atoms with van der Waals surface area (Å²) in [5.74, 6) is 0. The number of hydrogen-bond acceptors (Lipinski definition) is 4. The molecule has 0 amide bonds. The third-order valence-corrected chi connectivity index (χ3v) is 5.03. The van der Waals surface area contributed by atoms with E-state index in [4.69, 9.17) is 11.6 Å². The molecule has 1 N–H and O–H groups in total. The highest BCUT2D eigenvalue weighted by molar-refractivity contribution is 9.10. The standard InChI is InChI=1S/C12H10BrClN2O2S/c1-7-4-8(2-3-11(7)16(17)18)15-6-9-5-10(13)12(14)19-9/h2-5,15H,6H2,1H3. The van der Waals surface area contributed by atoms with Crippen LogP contribution in [0, 0.1) is 17.0 Å². The number of nitrogens with one attached hydrogen (secondary N) is 1. The normalized spacial score (nSPS) is 10.5. The molecule has 0 aliphatic heterocycles. The SMILES string of the molecule is Cc1cc(NCc2cc(Br)c(Cl)s2)ccc1[N+](=O)[O-]. The fraction of sp³-hybridized carbons (Fsp3) is 0.167. The van der Waals surface area contributed by atoms with Crippen LogP contribution >= 0.6 is 38.9 Å². The summed E-state index contributed by atoms with van der Waals surface area (Å²) in [5, 5.41) is 13.9. The molecule has 0 bridgehead atoms. The highest BCUT2D eigenvalue weighted by Crippen LogP contribution is 2.32. The quantitative estimate of drug-likeness (QED) is 0.616. The van der Waals surface area contributed by atoms with Crippen LogP contribution in [0.1, 0.15) is 10.4 Å². The molecule has 100 valence electrons. The van der Waals surface area contributed by atoms with Crippen molar-refractivity contribution in [2.24, 2.45) is 0 Å².